The van der Waals surface area contributed by atoms with Crippen LogP contribution in [0.2, 0.25) is 0 Å². The number of hydrogen-bond acceptors (Lipinski definition) is 1. The zero-order chi connectivity index (χ0) is 8.84. The molecule has 68 valence electrons. The summed E-state index contributed by atoms with van der Waals surface area (Å²) in [6.45, 7) is 0. The van der Waals surface area contributed by atoms with Crippen molar-refractivity contribution in [2.75, 3.05) is 0 Å². The molecule has 0 aromatic heterocycles. The van der Waals surface area contributed by atoms with Gasteiger partial charge in [-0.1, -0.05) is 18.2 Å². The third-order valence-electron chi connectivity index (χ3n) is 3.29. The van der Waals surface area contributed by atoms with Gasteiger partial charge in [-0.2, -0.15) is 0 Å². The molecule has 2 aliphatic carbocycles. The Morgan fingerprint density at radius 2 is 1.85 bits per heavy atom. The van der Waals surface area contributed by atoms with Crippen LogP contribution in [-0.2, 0) is 6.42 Å². The molecule has 1 aromatic carbocycles. The van der Waals surface area contributed by atoms with Crippen molar-refractivity contribution in [3.8, 4) is 0 Å². The van der Waals surface area contributed by atoms with E-state index < -0.39 is 0 Å². The van der Waals surface area contributed by atoms with Crippen molar-refractivity contribution in [1.29, 1.82) is 0 Å². The molecule has 0 saturated heterocycles. The summed E-state index contributed by atoms with van der Waals surface area (Å²) in [6, 6.07) is 6.43. The van der Waals surface area contributed by atoms with Gasteiger partial charge in [0, 0.05) is 0 Å². The van der Waals surface area contributed by atoms with Crippen LogP contribution in [0.3, 0.4) is 0 Å². The van der Waals surface area contributed by atoms with E-state index in [1.165, 1.54) is 29.5 Å². The largest absolute Gasteiger partial charge is 0.388 e. The molecule has 1 fully saturated rings. The summed E-state index contributed by atoms with van der Waals surface area (Å²) in [5.74, 6) is 0.820. The first-order chi connectivity index (χ1) is 6.36. The number of aliphatic hydroxyl groups is 1. The number of fused-ring (bicyclic) bond motifs is 1. The van der Waals surface area contributed by atoms with Crippen LogP contribution in [0.15, 0.2) is 18.2 Å². The number of aliphatic hydroxyl groups excluding tert-OH is 1. The zero-order valence-electron chi connectivity index (χ0n) is 7.66. The average molecular weight is 174 g/mol. The van der Waals surface area contributed by atoms with Crippen molar-refractivity contribution in [2.24, 2.45) is 0 Å². The molecule has 2 aliphatic rings. The van der Waals surface area contributed by atoms with Gasteiger partial charge in [-0.15, -0.1) is 0 Å². The van der Waals surface area contributed by atoms with Gasteiger partial charge in [0.2, 0.25) is 0 Å². The number of benzene rings is 1. The van der Waals surface area contributed by atoms with Crippen molar-refractivity contribution in [3.63, 3.8) is 0 Å². The van der Waals surface area contributed by atoms with Crippen molar-refractivity contribution in [1.82, 2.24) is 0 Å². The standard InChI is InChI=1S/C12H14O/c13-12-7-6-10-9(8-4-5-8)2-1-3-11(10)12/h1-3,8,12-13H,4-7H2/t12-/m0/s1. The van der Waals surface area contributed by atoms with E-state index in [-0.39, 0.29) is 6.10 Å². The van der Waals surface area contributed by atoms with Gasteiger partial charge < -0.3 is 5.11 Å². The quantitative estimate of drug-likeness (QED) is 0.693. The lowest BCUT2D eigenvalue weighted by Crippen LogP contribution is -1.92. The summed E-state index contributed by atoms with van der Waals surface area (Å²) in [5.41, 5.74) is 4.18. The van der Waals surface area contributed by atoms with Crippen molar-refractivity contribution < 1.29 is 5.11 Å². The van der Waals surface area contributed by atoms with Crippen LogP contribution in [-0.4, -0.2) is 5.11 Å². The SMILES string of the molecule is O[C@H]1CCc2c(C3CC3)cccc21. The average Bonchev–Trinajstić information content (AvgIpc) is 2.92. The van der Waals surface area contributed by atoms with E-state index >= 15 is 0 Å². The van der Waals surface area contributed by atoms with Gasteiger partial charge in [0.25, 0.3) is 0 Å². The minimum atomic E-state index is -0.186. The normalized spacial score (nSPS) is 26.1. The Morgan fingerprint density at radius 1 is 1.08 bits per heavy atom. The van der Waals surface area contributed by atoms with Crippen molar-refractivity contribution in [3.05, 3.63) is 34.9 Å². The monoisotopic (exact) mass is 174 g/mol. The zero-order valence-corrected chi connectivity index (χ0v) is 7.66. The third kappa shape index (κ3) is 1.11. The van der Waals surface area contributed by atoms with Crippen LogP contribution in [0.4, 0.5) is 0 Å². The molecule has 1 nitrogen and oxygen atoms in total. The van der Waals surface area contributed by atoms with Crippen LogP contribution in [0.5, 0.6) is 0 Å². The Hall–Kier alpha value is -0.820. The second kappa shape index (κ2) is 2.58. The Bertz CT molecular complexity index is 339. The molecule has 0 spiro atoms. The molecule has 1 saturated carbocycles. The second-order valence-electron chi connectivity index (χ2n) is 4.24. The first kappa shape index (κ1) is 7.57. The molecule has 13 heavy (non-hydrogen) atoms. The minimum Gasteiger partial charge on any atom is -0.388 e. The van der Waals surface area contributed by atoms with Gasteiger partial charge in [-0.3, -0.25) is 0 Å². The third-order valence-corrected chi connectivity index (χ3v) is 3.29. The van der Waals surface area contributed by atoms with Gasteiger partial charge in [-0.05, 0) is 48.3 Å². The lowest BCUT2D eigenvalue weighted by atomic mass is 9.99. The Kier molecular flexibility index (Phi) is 1.50. The first-order valence-corrected chi connectivity index (χ1v) is 5.16. The fourth-order valence-corrected chi connectivity index (χ4v) is 2.44. The molecule has 0 amide bonds. The predicted molar refractivity (Wildman–Crippen MR) is 51.7 cm³/mol. The Morgan fingerprint density at radius 3 is 2.62 bits per heavy atom. The molecule has 1 aromatic rings. The van der Waals surface area contributed by atoms with Crippen LogP contribution in [0.25, 0.3) is 0 Å². The van der Waals surface area contributed by atoms with Gasteiger partial charge in [0.15, 0.2) is 0 Å². The lowest BCUT2D eigenvalue weighted by molar-refractivity contribution is 0.180. The van der Waals surface area contributed by atoms with E-state index in [1.54, 1.807) is 0 Å². The summed E-state index contributed by atoms with van der Waals surface area (Å²) in [6.07, 6.45) is 4.54. The molecule has 0 unspecified atom stereocenters. The van der Waals surface area contributed by atoms with Gasteiger partial charge in [0.1, 0.15) is 0 Å². The molecule has 1 N–H and O–H groups in total. The minimum absolute atomic E-state index is 0.186. The molecule has 1 atom stereocenters. The van der Waals surface area contributed by atoms with Gasteiger partial charge >= 0.3 is 0 Å². The summed E-state index contributed by atoms with van der Waals surface area (Å²) >= 11 is 0. The maximum atomic E-state index is 9.71. The highest BCUT2D eigenvalue weighted by molar-refractivity contribution is 5.43. The topological polar surface area (TPSA) is 20.2 Å². The number of rotatable bonds is 1. The van der Waals surface area contributed by atoms with E-state index in [9.17, 15) is 5.11 Å². The summed E-state index contributed by atoms with van der Waals surface area (Å²) in [5, 5.41) is 9.71. The van der Waals surface area contributed by atoms with Gasteiger partial charge in [0.05, 0.1) is 6.10 Å². The highest BCUT2D eigenvalue weighted by atomic mass is 16.3. The highest BCUT2D eigenvalue weighted by Gasteiger charge is 2.30. The van der Waals surface area contributed by atoms with E-state index in [2.05, 4.69) is 18.2 Å². The smallest absolute Gasteiger partial charge is 0.0796 e. The van der Waals surface area contributed by atoms with Crippen LogP contribution in [0, 0.1) is 0 Å². The fourth-order valence-electron chi connectivity index (χ4n) is 2.44. The molecule has 3 rings (SSSR count). The maximum absolute atomic E-state index is 9.71. The van der Waals surface area contributed by atoms with E-state index in [4.69, 9.17) is 0 Å². The molecular weight excluding hydrogens is 160 g/mol. The highest BCUT2D eigenvalue weighted by Crippen LogP contribution is 2.45. The Balaban J connectivity index is 2.11. The summed E-state index contributed by atoms with van der Waals surface area (Å²) in [4.78, 5) is 0. The molecule has 0 radical (unpaired) electrons. The Labute approximate surface area is 78.4 Å². The van der Waals surface area contributed by atoms with Crippen LogP contribution >= 0.6 is 0 Å². The van der Waals surface area contributed by atoms with Crippen LogP contribution < -0.4 is 0 Å². The maximum Gasteiger partial charge on any atom is 0.0796 e. The van der Waals surface area contributed by atoms with Crippen molar-refractivity contribution >= 4 is 0 Å². The molecule has 0 heterocycles. The molecule has 0 aliphatic heterocycles. The number of hydrogen-bond donors (Lipinski definition) is 1. The summed E-state index contributed by atoms with van der Waals surface area (Å²) in [7, 11) is 0. The summed E-state index contributed by atoms with van der Waals surface area (Å²) < 4.78 is 0. The van der Waals surface area contributed by atoms with Crippen LogP contribution in [0.1, 0.15) is 48.0 Å². The molecule has 1 heteroatoms. The molecular formula is C12H14O. The molecule has 0 bridgehead atoms. The lowest BCUT2D eigenvalue weighted by Gasteiger charge is -2.07. The van der Waals surface area contributed by atoms with E-state index in [1.807, 2.05) is 0 Å². The fraction of sp³-hybridized carbons (Fsp3) is 0.500. The van der Waals surface area contributed by atoms with Gasteiger partial charge in [-0.25, -0.2) is 0 Å². The first-order valence-electron chi connectivity index (χ1n) is 5.16. The van der Waals surface area contributed by atoms with Crippen molar-refractivity contribution in [2.45, 2.75) is 37.7 Å². The van der Waals surface area contributed by atoms with E-state index in [0.29, 0.717) is 0 Å². The second-order valence-corrected chi connectivity index (χ2v) is 4.24. The van der Waals surface area contributed by atoms with E-state index in [0.717, 1.165) is 18.8 Å². The predicted octanol–water partition coefficient (Wildman–Crippen LogP) is 2.54.